The van der Waals surface area contributed by atoms with E-state index in [-0.39, 0.29) is 17.4 Å². The second-order valence-corrected chi connectivity index (χ2v) is 6.37. The van der Waals surface area contributed by atoms with Crippen LogP contribution in [0.15, 0.2) is 29.6 Å². The van der Waals surface area contributed by atoms with Crippen molar-refractivity contribution in [3.05, 3.63) is 61.3 Å². The van der Waals surface area contributed by atoms with Gasteiger partial charge in [0, 0.05) is 28.0 Å². The lowest BCUT2D eigenvalue weighted by Gasteiger charge is -2.21. The fourth-order valence-corrected chi connectivity index (χ4v) is 3.96. The van der Waals surface area contributed by atoms with E-state index in [1.807, 2.05) is 11.4 Å². The molecule has 3 rings (SSSR count). The van der Waals surface area contributed by atoms with Crippen molar-refractivity contribution in [3.8, 4) is 0 Å². The molecule has 0 aliphatic heterocycles. The Kier molecular flexibility index (Phi) is 3.59. The molecule has 1 unspecified atom stereocenters. The molecule has 0 fully saturated rings. The van der Waals surface area contributed by atoms with Gasteiger partial charge >= 0.3 is 0 Å². The average Bonchev–Trinajstić information content (AvgIpc) is 2.94. The van der Waals surface area contributed by atoms with E-state index in [0.717, 1.165) is 24.8 Å². The van der Waals surface area contributed by atoms with Gasteiger partial charge in [0.2, 0.25) is 0 Å². The third-order valence-electron chi connectivity index (χ3n) is 4.05. The summed E-state index contributed by atoms with van der Waals surface area (Å²) in [4.78, 5) is 24.5. The lowest BCUT2D eigenvalue weighted by Crippen LogP contribution is -2.17. The van der Waals surface area contributed by atoms with Gasteiger partial charge in [-0.05, 0) is 55.3 Å². The number of carbonyl (C=O) groups excluding carboxylic acids is 1. The van der Waals surface area contributed by atoms with Gasteiger partial charge < -0.3 is 0 Å². The van der Waals surface area contributed by atoms with Crippen molar-refractivity contribution in [1.82, 2.24) is 0 Å². The maximum absolute atomic E-state index is 12.7. The van der Waals surface area contributed by atoms with E-state index in [2.05, 4.69) is 0 Å². The van der Waals surface area contributed by atoms with Gasteiger partial charge in [0.15, 0.2) is 5.78 Å². The highest BCUT2D eigenvalue weighted by molar-refractivity contribution is 7.10. The van der Waals surface area contributed by atoms with Crippen LogP contribution in [-0.2, 0) is 6.42 Å². The number of aryl methyl sites for hydroxylation is 2. The number of carbonyl (C=O) groups is 1. The van der Waals surface area contributed by atoms with E-state index in [1.54, 1.807) is 30.4 Å². The number of Topliss-reactive ketones (excluding diaryl/α,β-unsaturated/α-hetero) is 1. The molecule has 0 bridgehead atoms. The molecule has 1 aliphatic carbocycles. The van der Waals surface area contributed by atoms with E-state index in [1.165, 1.54) is 10.9 Å². The monoisotopic (exact) mass is 301 g/mol. The Morgan fingerprint density at radius 1 is 1.38 bits per heavy atom. The second kappa shape index (κ2) is 5.41. The zero-order valence-corrected chi connectivity index (χ0v) is 12.5. The molecule has 0 saturated heterocycles. The van der Waals surface area contributed by atoms with Crippen LogP contribution in [0.3, 0.4) is 0 Å². The largest absolute Gasteiger partial charge is 0.293 e. The summed E-state index contributed by atoms with van der Waals surface area (Å²) in [6, 6.07) is 6.69. The summed E-state index contributed by atoms with van der Waals surface area (Å²) in [6.07, 6.45) is 2.94. The summed E-state index contributed by atoms with van der Waals surface area (Å²) in [5, 5.41) is 12.9. The molecule has 1 atom stereocenters. The standard InChI is InChI=1S/C16H15NO3S/c1-10-9-11(5-6-14(10)17(19)20)16(18)13-3-2-4-15-12(13)7-8-21-15/h5-9,13H,2-4H2,1H3. The van der Waals surface area contributed by atoms with Crippen LogP contribution in [0.1, 0.15) is 45.1 Å². The molecule has 0 amide bonds. The van der Waals surface area contributed by atoms with Crippen molar-refractivity contribution in [2.75, 3.05) is 0 Å². The number of nitro groups is 1. The minimum Gasteiger partial charge on any atom is -0.293 e. The molecule has 0 radical (unpaired) electrons. The summed E-state index contributed by atoms with van der Waals surface area (Å²) in [7, 11) is 0. The summed E-state index contributed by atoms with van der Waals surface area (Å²) >= 11 is 1.71. The second-order valence-electron chi connectivity index (χ2n) is 5.37. The van der Waals surface area contributed by atoms with Crippen LogP contribution in [0.25, 0.3) is 0 Å². The highest BCUT2D eigenvalue weighted by atomic mass is 32.1. The van der Waals surface area contributed by atoms with Crippen molar-refractivity contribution in [2.45, 2.75) is 32.1 Å². The molecular weight excluding hydrogens is 286 g/mol. The molecule has 108 valence electrons. The van der Waals surface area contributed by atoms with Crippen LogP contribution in [0.5, 0.6) is 0 Å². The van der Waals surface area contributed by atoms with Crippen LogP contribution in [-0.4, -0.2) is 10.7 Å². The van der Waals surface area contributed by atoms with Crippen molar-refractivity contribution >= 4 is 22.8 Å². The first-order valence-electron chi connectivity index (χ1n) is 6.93. The first-order chi connectivity index (χ1) is 10.1. The Balaban J connectivity index is 1.94. The Morgan fingerprint density at radius 3 is 2.90 bits per heavy atom. The van der Waals surface area contributed by atoms with Crippen LogP contribution in [0.4, 0.5) is 5.69 Å². The van der Waals surface area contributed by atoms with Crippen LogP contribution in [0, 0.1) is 17.0 Å². The van der Waals surface area contributed by atoms with Crippen molar-refractivity contribution in [2.24, 2.45) is 0 Å². The number of fused-ring (bicyclic) bond motifs is 1. The van der Waals surface area contributed by atoms with Crippen molar-refractivity contribution in [1.29, 1.82) is 0 Å². The van der Waals surface area contributed by atoms with Crippen LogP contribution in [0.2, 0.25) is 0 Å². The van der Waals surface area contributed by atoms with Crippen LogP contribution < -0.4 is 0 Å². The smallest absolute Gasteiger partial charge is 0.272 e. The lowest BCUT2D eigenvalue weighted by molar-refractivity contribution is -0.385. The molecule has 2 aromatic rings. The molecule has 1 aromatic carbocycles. The molecular formula is C16H15NO3S. The molecule has 4 nitrogen and oxygen atoms in total. The lowest BCUT2D eigenvalue weighted by atomic mass is 9.82. The Bertz CT molecular complexity index is 720. The van der Waals surface area contributed by atoms with E-state index in [4.69, 9.17) is 0 Å². The van der Waals surface area contributed by atoms with Gasteiger partial charge in [-0.3, -0.25) is 14.9 Å². The molecule has 1 aliphatic rings. The molecule has 0 N–H and O–H groups in total. The number of thiophene rings is 1. The number of rotatable bonds is 3. The summed E-state index contributed by atoms with van der Waals surface area (Å²) in [5.41, 5.74) is 2.31. The van der Waals surface area contributed by atoms with Gasteiger partial charge in [-0.1, -0.05) is 0 Å². The van der Waals surface area contributed by atoms with Gasteiger partial charge in [0.1, 0.15) is 0 Å². The topological polar surface area (TPSA) is 60.2 Å². The van der Waals surface area contributed by atoms with Gasteiger partial charge in [-0.2, -0.15) is 0 Å². The van der Waals surface area contributed by atoms with E-state index >= 15 is 0 Å². The molecule has 21 heavy (non-hydrogen) atoms. The molecule has 5 heteroatoms. The van der Waals surface area contributed by atoms with Gasteiger partial charge in [0.05, 0.1) is 4.92 Å². The SMILES string of the molecule is Cc1cc(C(=O)C2CCCc3sccc32)ccc1[N+](=O)[O-]. The number of ketones is 1. The first kappa shape index (κ1) is 13.9. The normalized spacial score (nSPS) is 17.3. The van der Waals surface area contributed by atoms with Gasteiger partial charge in [-0.25, -0.2) is 0 Å². The average molecular weight is 301 g/mol. The zero-order chi connectivity index (χ0) is 15.0. The fourth-order valence-electron chi connectivity index (χ4n) is 2.97. The van der Waals surface area contributed by atoms with E-state index in [9.17, 15) is 14.9 Å². The quantitative estimate of drug-likeness (QED) is 0.483. The Labute approximate surface area is 126 Å². The molecule has 1 heterocycles. The maximum Gasteiger partial charge on any atom is 0.272 e. The summed E-state index contributed by atoms with van der Waals surface area (Å²) in [6.45, 7) is 1.67. The molecule has 0 spiro atoms. The first-order valence-corrected chi connectivity index (χ1v) is 7.81. The van der Waals surface area contributed by atoms with Crippen molar-refractivity contribution < 1.29 is 9.72 Å². The predicted octanol–water partition coefficient (Wildman–Crippen LogP) is 4.27. The predicted molar refractivity (Wildman–Crippen MR) is 82.2 cm³/mol. The number of nitrogens with zero attached hydrogens (tertiary/aromatic N) is 1. The minimum absolute atomic E-state index is 0.0615. The summed E-state index contributed by atoms with van der Waals surface area (Å²) < 4.78 is 0. The maximum atomic E-state index is 12.7. The van der Waals surface area contributed by atoms with Crippen molar-refractivity contribution in [3.63, 3.8) is 0 Å². The third-order valence-corrected chi connectivity index (χ3v) is 5.04. The van der Waals surface area contributed by atoms with E-state index in [0.29, 0.717) is 11.1 Å². The number of benzene rings is 1. The highest BCUT2D eigenvalue weighted by Gasteiger charge is 2.28. The number of nitro benzene ring substituents is 1. The summed E-state index contributed by atoms with van der Waals surface area (Å²) in [5.74, 6) is -0.0202. The fraction of sp³-hybridized carbons (Fsp3) is 0.312. The molecule has 0 saturated carbocycles. The minimum atomic E-state index is -0.415. The molecule has 1 aromatic heterocycles. The van der Waals surface area contributed by atoms with Crippen LogP contribution >= 0.6 is 11.3 Å². The Hall–Kier alpha value is -2.01. The third kappa shape index (κ3) is 2.49. The van der Waals surface area contributed by atoms with Gasteiger partial charge in [-0.15, -0.1) is 11.3 Å². The zero-order valence-electron chi connectivity index (χ0n) is 11.7. The highest BCUT2D eigenvalue weighted by Crippen LogP contribution is 2.37. The number of hydrogen-bond donors (Lipinski definition) is 0. The Morgan fingerprint density at radius 2 is 2.19 bits per heavy atom. The van der Waals surface area contributed by atoms with Gasteiger partial charge in [0.25, 0.3) is 5.69 Å². The number of hydrogen-bond acceptors (Lipinski definition) is 4. The van der Waals surface area contributed by atoms with E-state index < -0.39 is 4.92 Å².